The normalized spacial score (nSPS) is 21.7. The van der Waals surface area contributed by atoms with Gasteiger partial charge in [-0.05, 0) is 58.0 Å². The molecule has 2 aliphatic heterocycles. The number of ether oxygens (including phenoxy) is 1. The molecule has 1 aromatic rings. The van der Waals surface area contributed by atoms with E-state index in [-0.39, 0.29) is 23.8 Å². The first-order valence-electron chi connectivity index (χ1n) is 10.1. The molecule has 2 amide bonds. The summed E-state index contributed by atoms with van der Waals surface area (Å²) in [5.41, 5.74) is 0. The minimum Gasteiger partial charge on any atom is -0.493 e. The van der Waals surface area contributed by atoms with Crippen molar-refractivity contribution in [3.8, 4) is 5.75 Å². The maximum absolute atomic E-state index is 12.6. The highest BCUT2D eigenvalue weighted by Gasteiger charge is 2.30. The molecule has 6 nitrogen and oxygen atoms in total. The lowest BCUT2D eigenvalue weighted by atomic mass is 9.95. The van der Waals surface area contributed by atoms with Crippen LogP contribution in [-0.4, -0.2) is 67.5 Å². The molecule has 6 heteroatoms. The molecule has 0 radical (unpaired) electrons. The quantitative estimate of drug-likeness (QED) is 0.827. The fourth-order valence-corrected chi connectivity index (χ4v) is 3.82. The van der Waals surface area contributed by atoms with E-state index < -0.39 is 0 Å². The number of nitrogens with zero attached hydrogens (tertiary/aromatic N) is 2. The second kappa shape index (κ2) is 9.74. The Morgan fingerprint density at radius 3 is 2.59 bits per heavy atom. The number of likely N-dealkylation sites (tertiary alicyclic amines) is 2. The van der Waals surface area contributed by atoms with E-state index >= 15 is 0 Å². The zero-order valence-electron chi connectivity index (χ0n) is 16.2. The van der Waals surface area contributed by atoms with Crippen LogP contribution in [0.1, 0.15) is 32.1 Å². The Hall–Kier alpha value is -2.08. The second-order valence-corrected chi connectivity index (χ2v) is 7.68. The van der Waals surface area contributed by atoms with Gasteiger partial charge in [-0.25, -0.2) is 0 Å². The molecule has 0 spiro atoms. The van der Waals surface area contributed by atoms with Gasteiger partial charge in [0.2, 0.25) is 11.8 Å². The van der Waals surface area contributed by atoms with Gasteiger partial charge in [0.1, 0.15) is 5.75 Å². The number of nitrogens with one attached hydrogen (secondary N) is 1. The molecule has 1 N–H and O–H groups in total. The molecule has 0 aromatic heterocycles. The molecule has 1 atom stereocenters. The summed E-state index contributed by atoms with van der Waals surface area (Å²) in [7, 11) is 2.12. The largest absolute Gasteiger partial charge is 0.493 e. The van der Waals surface area contributed by atoms with E-state index in [1.165, 1.54) is 0 Å². The van der Waals surface area contributed by atoms with E-state index in [0.717, 1.165) is 51.1 Å². The third-order valence-electron chi connectivity index (χ3n) is 5.54. The van der Waals surface area contributed by atoms with Crippen LogP contribution >= 0.6 is 0 Å². The standard InChI is InChI=1S/C21H31N3O3/c1-23-13-9-18(10-14-23)22-21(26)17-6-5-12-24(16-17)20(25)11-15-27-19-7-3-2-4-8-19/h2-4,7-8,17-18H,5-6,9-16H2,1H3,(H,22,26). The van der Waals surface area contributed by atoms with Gasteiger partial charge < -0.3 is 19.9 Å². The molecule has 0 bridgehead atoms. The van der Waals surface area contributed by atoms with Crippen LogP contribution in [0.2, 0.25) is 0 Å². The monoisotopic (exact) mass is 373 g/mol. The number of hydrogen-bond acceptors (Lipinski definition) is 4. The molecule has 1 aromatic carbocycles. The van der Waals surface area contributed by atoms with Gasteiger partial charge in [0.05, 0.1) is 18.9 Å². The first-order chi connectivity index (χ1) is 13.1. The number of rotatable bonds is 6. The van der Waals surface area contributed by atoms with Crippen LogP contribution < -0.4 is 10.1 Å². The SMILES string of the molecule is CN1CCC(NC(=O)C2CCCN(C(=O)CCOc3ccccc3)C2)CC1. The Balaban J connectivity index is 1.41. The first kappa shape index (κ1) is 19.7. The third kappa shape index (κ3) is 5.96. The van der Waals surface area contributed by atoms with Crippen molar-refractivity contribution in [2.75, 3.05) is 39.8 Å². The Bertz CT molecular complexity index is 614. The molecule has 3 rings (SSSR count). The van der Waals surface area contributed by atoms with Crippen LogP contribution in [0.4, 0.5) is 0 Å². The van der Waals surface area contributed by atoms with E-state index in [4.69, 9.17) is 4.74 Å². The lowest BCUT2D eigenvalue weighted by Gasteiger charge is -2.34. The van der Waals surface area contributed by atoms with Gasteiger partial charge in [0.15, 0.2) is 0 Å². The van der Waals surface area contributed by atoms with Gasteiger partial charge >= 0.3 is 0 Å². The summed E-state index contributed by atoms with van der Waals surface area (Å²) in [5.74, 6) is 0.877. The van der Waals surface area contributed by atoms with Gasteiger partial charge in [-0.15, -0.1) is 0 Å². The Morgan fingerprint density at radius 2 is 1.85 bits per heavy atom. The van der Waals surface area contributed by atoms with Crippen LogP contribution in [0.25, 0.3) is 0 Å². The van der Waals surface area contributed by atoms with E-state index in [2.05, 4.69) is 17.3 Å². The molecular weight excluding hydrogens is 342 g/mol. The van der Waals surface area contributed by atoms with Gasteiger partial charge in [-0.3, -0.25) is 9.59 Å². The maximum atomic E-state index is 12.6. The molecule has 0 saturated carbocycles. The number of para-hydroxylation sites is 1. The fourth-order valence-electron chi connectivity index (χ4n) is 3.82. The molecule has 148 valence electrons. The lowest BCUT2D eigenvalue weighted by molar-refractivity contribution is -0.136. The number of hydrogen-bond donors (Lipinski definition) is 1. The van der Waals surface area contributed by atoms with E-state index in [1.807, 2.05) is 35.2 Å². The number of benzene rings is 1. The highest BCUT2D eigenvalue weighted by molar-refractivity contribution is 5.81. The lowest BCUT2D eigenvalue weighted by Crippen LogP contribution is -2.49. The summed E-state index contributed by atoms with van der Waals surface area (Å²) >= 11 is 0. The number of carbonyl (C=O) groups is 2. The molecule has 1 unspecified atom stereocenters. The fraction of sp³-hybridized carbons (Fsp3) is 0.619. The average Bonchev–Trinajstić information content (AvgIpc) is 2.70. The highest BCUT2D eigenvalue weighted by atomic mass is 16.5. The van der Waals surface area contributed by atoms with Crippen molar-refractivity contribution in [1.29, 1.82) is 0 Å². The summed E-state index contributed by atoms with van der Waals surface area (Å²) in [6.07, 6.45) is 4.11. The van der Waals surface area contributed by atoms with Crippen molar-refractivity contribution in [2.24, 2.45) is 5.92 Å². The van der Waals surface area contributed by atoms with Crippen LogP contribution in [-0.2, 0) is 9.59 Å². The highest BCUT2D eigenvalue weighted by Crippen LogP contribution is 2.19. The Kier molecular flexibility index (Phi) is 7.10. The molecular formula is C21H31N3O3. The summed E-state index contributed by atoms with van der Waals surface area (Å²) in [4.78, 5) is 29.2. The first-order valence-corrected chi connectivity index (χ1v) is 10.1. The zero-order valence-corrected chi connectivity index (χ0v) is 16.2. The molecule has 0 aliphatic carbocycles. The van der Waals surface area contributed by atoms with E-state index in [9.17, 15) is 9.59 Å². The minimum atomic E-state index is -0.0857. The van der Waals surface area contributed by atoms with Gasteiger partial charge in [0, 0.05) is 19.1 Å². The number of piperidine rings is 2. The number of carbonyl (C=O) groups excluding carboxylic acids is 2. The van der Waals surface area contributed by atoms with Crippen molar-refractivity contribution in [3.05, 3.63) is 30.3 Å². The predicted molar refractivity (Wildman–Crippen MR) is 105 cm³/mol. The van der Waals surface area contributed by atoms with Crippen molar-refractivity contribution < 1.29 is 14.3 Å². The van der Waals surface area contributed by atoms with E-state index in [0.29, 0.717) is 19.6 Å². The molecule has 2 fully saturated rings. The van der Waals surface area contributed by atoms with Crippen LogP contribution in [0.15, 0.2) is 30.3 Å². The van der Waals surface area contributed by atoms with Gasteiger partial charge in [0.25, 0.3) is 0 Å². The number of amides is 2. The summed E-state index contributed by atoms with van der Waals surface area (Å²) < 4.78 is 5.62. The minimum absolute atomic E-state index is 0.0720. The topological polar surface area (TPSA) is 61.9 Å². The van der Waals surface area contributed by atoms with Gasteiger partial charge in [-0.1, -0.05) is 18.2 Å². The molecule has 2 heterocycles. The van der Waals surface area contributed by atoms with Crippen molar-refractivity contribution in [1.82, 2.24) is 15.1 Å². The van der Waals surface area contributed by atoms with Gasteiger partial charge in [-0.2, -0.15) is 0 Å². The van der Waals surface area contributed by atoms with Crippen molar-refractivity contribution >= 4 is 11.8 Å². The van der Waals surface area contributed by atoms with Crippen LogP contribution in [0.5, 0.6) is 5.75 Å². The second-order valence-electron chi connectivity index (χ2n) is 7.68. The average molecular weight is 373 g/mol. The molecule has 2 saturated heterocycles. The van der Waals surface area contributed by atoms with Crippen LogP contribution in [0.3, 0.4) is 0 Å². The molecule has 27 heavy (non-hydrogen) atoms. The predicted octanol–water partition coefficient (Wildman–Crippen LogP) is 1.90. The molecule has 2 aliphatic rings. The Labute approximate surface area is 161 Å². The smallest absolute Gasteiger partial charge is 0.226 e. The third-order valence-corrected chi connectivity index (χ3v) is 5.54. The van der Waals surface area contributed by atoms with E-state index in [1.54, 1.807) is 0 Å². The Morgan fingerprint density at radius 1 is 1.11 bits per heavy atom. The summed E-state index contributed by atoms with van der Waals surface area (Å²) in [5, 5.41) is 3.21. The summed E-state index contributed by atoms with van der Waals surface area (Å²) in [6.45, 7) is 3.69. The van der Waals surface area contributed by atoms with Crippen molar-refractivity contribution in [2.45, 2.75) is 38.1 Å². The maximum Gasteiger partial charge on any atom is 0.226 e. The van der Waals surface area contributed by atoms with Crippen molar-refractivity contribution in [3.63, 3.8) is 0 Å². The van der Waals surface area contributed by atoms with Crippen LogP contribution in [0, 0.1) is 5.92 Å². The summed E-state index contributed by atoms with van der Waals surface area (Å²) in [6, 6.07) is 9.80. The zero-order chi connectivity index (χ0) is 19.1.